The molecule has 124 valence electrons. The molecule has 2 aromatic rings. The van der Waals surface area contributed by atoms with Crippen LogP contribution in [0.4, 0.5) is 0 Å². The van der Waals surface area contributed by atoms with Crippen molar-refractivity contribution in [2.45, 2.75) is 39.7 Å². The predicted octanol–water partition coefficient (Wildman–Crippen LogP) is 3.45. The summed E-state index contributed by atoms with van der Waals surface area (Å²) in [4.78, 5) is 8.77. The summed E-state index contributed by atoms with van der Waals surface area (Å²) < 4.78 is 0. The van der Waals surface area contributed by atoms with Crippen molar-refractivity contribution in [1.29, 1.82) is 0 Å². The minimum absolute atomic E-state index is 0.796. The highest BCUT2D eigenvalue weighted by Crippen LogP contribution is 2.11. The van der Waals surface area contributed by atoms with E-state index in [9.17, 15) is 0 Å². The molecule has 0 atom stereocenters. The van der Waals surface area contributed by atoms with E-state index < -0.39 is 0 Å². The van der Waals surface area contributed by atoms with Crippen molar-refractivity contribution in [1.82, 2.24) is 15.6 Å². The van der Waals surface area contributed by atoms with Gasteiger partial charge in [-0.1, -0.05) is 24.3 Å². The number of aryl methyl sites for hydroxylation is 3. The Morgan fingerprint density at radius 2 is 2.00 bits per heavy atom. The summed E-state index contributed by atoms with van der Waals surface area (Å²) in [5.74, 6) is 0.860. The molecule has 1 aromatic heterocycles. The monoisotopic (exact) mass is 330 g/mol. The standard InChI is InChI=1S/C18H26N4S/c1-14-8-4-5-9-16(14)12-21-18(19-3)20-11-7-6-10-17-22-15(2)13-23-17/h4-5,8-9,13H,6-7,10-12H2,1-3H3,(H2,19,20,21). The number of nitrogens with one attached hydrogen (secondary N) is 2. The van der Waals surface area contributed by atoms with E-state index in [1.165, 1.54) is 16.1 Å². The van der Waals surface area contributed by atoms with Crippen molar-refractivity contribution in [2.75, 3.05) is 13.6 Å². The highest BCUT2D eigenvalue weighted by molar-refractivity contribution is 7.09. The molecule has 4 nitrogen and oxygen atoms in total. The maximum Gasteiger partial charge on any atom is 0.191 e. The van der Waals surface area contributed by atoms with Crippen LogP contribution in [0.1, 0.15) is 34.7 Å². The van der Waals surface area contributed by atoms with Crippen LogP contribution in [0.2, 0.25) is 0 Å². The van der Waals surface area contributed by atoms with Gasteiger partial charge in [0, 0.05) is 31.2 Å². The molecule has 0 fully saturated rings. The van der Waals surface area contributed by atoms with Crippen molar-refractivity contribution in [2.24, 2.45) is 4.99 Å². The van der Waals surface area contributed by atoms with Gasteiger partial charge in [-0.25, -0.2) is 4.98 Å². The quantitative estimate of drug-likeness (QED) is 0.464. The molecule has 0 bridgehead atoms. The molecule has 1 aromatic carbocycles. The van der Waals surface area contributed by atoms with E-state index in [0.717, 1.165) is 44.0 Å². The Bertz CT molecular complexity index is 633. The summed E-state index contributed by atoms with van der Waals surface area (Å²) in [7, 11) is 1.81. The average molecular weight is 331 g/mol. The molecule has 2 N–H and O–H groups in total. The van der Waals surface area contributed by atoms with Crippen LogP contribution < -0.4 is 10.6 Å². The predicted molar refractivity (Wildman–Crippen MR) is 99.2 cm³/mol. The van der Waals surface area contributed by atoms with E-state index in [1.807, 2.05) is 14.0 Å². The lowest BCUT2D eigenvalue weighted by atomic mass is 10.1. The Morgan fingerprint density at radius 1 is 1.17 bits per heavy atom. The van der Waals surface area contributed by atoms with Crippen LogP contribution in [0.3, 0.4) is 0 Å². The third kappa shape index (κ3) is 6.02. The summed E-state index contributed by atoms with van der Waals surface area (Å²) in [5, 5.41) is 10.1. The summed E-state index contributed by atoms with van der Waals surface area (Å²) in [5.41, 5.74) is 3.73. The molecule has 0 saturated heterocycles. The first-order valence-corrected chi connectivity index (χ1v) is 8.97. The minimum atomic E-state index is 0.796. The van der Waals surface area contributed by atoms with Crippen LogP contribution in [-0.4, -0.2) is 24.5 Å². The number of aromatic nitrogens is 1. The lowest BCUT2D eigenvalue weighted by molar-refractivity contribution is 0.691. The van der Waals surface area contributed by atoms with Crippen molar-refractivity contribution >= 4 is 17.3 Å². The molecule has 5 heteroatoms. The molecular formula is C18H26N4S. The van der Waals surface area contributed by atoms with Crippen LogP contribution in [-0.2, 0) is 13.0 Å². The molecule has 2 rings (SSSR count). The fourth-order valence-corrected chi connectivity index (χ4v) is 3.15. The van der Waals surface area contributed by atoms with Crippen LogP contribution in [0.25, 0.3) is 0 Å². The highest BCUT2D eigenvalue weighted by Gasteiger charge is 2.01. The van der Waals surface area contributed by atoms with Gasteiger partial charge in [-0.2, -0.15) is 0 Å². The van der Waals surface area contributed by atoms with Crippen molar-refractivity contribution < 1.29 is 0 Å². The molecular weight excluding hydrogens is 304 g/mol. The molecule has 0 amide bonds. The third-order valence-electron chi connectivity index (χ3n) is 3.71. The summed E-state index contributed by atoms with van der Waals surface area (Å²) in [6.07, 6.45) is 3.33. The Kier molecular flexibility index (Phi) is 7.07. The number of unbranched alkanes of at least 4 members (excludes halogenated alkanes) is 1. The van der Waals surface area contributed by atoms with Crippen molar-refractivity contribution in [3.05, 3.63) is 51.5 Å². The van der Waals surface area contributed by atoms with Gasteiger partial charge in [0.1, 0.15) is 0 Å². The van der Waals surface area contributed by atoms with Crippen LogP contribution >= 0.6 is 11.3 Å². The molecule has 0 spiro atoms. The molecule has 23 heavy (non-hydrogen) atoms. The number of nitrogens with zero attached hydrogens (tertiary/aromatic N) is 2. The zero-order chi connectivity index (χ0) is 16.5. The number of hydrogen-bond acceptors (Lipinski definition) is 3. The number of benzene rings is 1. The first kappa shape index (κ1) is 17.5. The number of guanidine groups is 1. The fourth-order valence-electron chi connectivity index (χ4n) is 2.33. The number of aliphatic imine (C=N–C) groups is 1. The zero-order valence-corrected chi connectivity index (χ0v) is 15.0. The Hall–Kier alpha value is -1.88. The second-order valence-corrected chi connectivity index (χ2v) is 6.56. The molecule has 0 aliphatic heterocycles. The largest absolute Gasteiger partial charge is 0.356 e. The van der Waals surface area contributed by atoms with E-state index in [1.54, 1.807) is 11.3 Å². The van der Waals surface area contributed by atoms with E-state index in [2.05, 4.69) is 57.2 Å². The molecule has 0 unspecified atom stereocenters. The van der Waals surface area contributed by atoms with E-state index in [-0.39, 0.29) is 0 Å². The summed E-state index contributed by atoms with van der Waals surface area (Å²) in [6.45, 7) is 5.90. The molecule has 1 heterocycles. The van der Waals surface area contributed by atoms with Gasteiger partial charge in [-0.05, 0) is 44.2 Å². The maximum absolute atomic E-state index is 4.49. The normalized spacial score (nSPS) is 11.5. The third-order valence-corrected chi connectivity index (χ3v) is 4.73. The van der Waals surface area contributed by atoms with Gasteiger partial charge in [-0.3, -0.25) is 4.99 Å². The van der Waals surface area contributed by atoms with Crippen LogP contribution in [0.15, 0.2) is 34.6 Å². The first-order valence-electron chi connectivity index (χ1n) is 8.09. The Labute approximate surface area is 143 Å². The van der Waals surface area contributed by atoms with Crippen molar-refractivity contribution in [3.63, 3.8) is 0 Å². The van der Waals surface area contributed by atoms with Gasteiger partial charge < -0.3 is 10.6 Å². The van der Waals surface area contributed by atoms with Gasteiger partial charge in [0.2, 0.25) is 0 Å². The lowest BCUT2D eigenvalue weighted by Gasteiger charge is -2.13. The SMILES string of the molecule is CN=C(NCCCCc1nc(C)cs1)NCc1ccccc1C. The van der Waals surface area contributed by atoms with E-state index in [4.69, 9.17) is 0 Å². The van der Waals surface area contributed by atoms with E-state index in [0.29, 0.717) is 0 Å². The molecule has 0 aliphatic rings. The molecule has 0 saturated carbocycles. The van der Waals surface area contributed by atoms with Gasteiger partial charge in [-0.15, -0.1) is 11.3 Å². The average Bonchev–Trinajstić information content (AvgIpc) is 2.97. The first-order chi connectivity index (χ1) is 11.2. The van der Waals surface area contributed by atoms with Gasteiger partial charge in [0.05, 0.1) is 5.01 Å². The topological polar surface area (TPSA) is 49.3 Å². The van der Waals surface area contributed by atoms with Gasteiger partial charge >= 0.3 is 0 Å². The number of hydrogen-bond donors (Lipinski definition) is 2. The number of rotatable bonds is 7. The van der Waals surface area contributed by atoms with Crippen LogP contribution in [0.5, 0.6) is 0 Å². The second kappa shape index (κ2) is 9.30. The van der Waals surface area contributed by atoms with Gasteiger partial charge in [0.25, 0.3) is 0 Å². The maximum atomic E-state index is 4.49. The van der Waals surface area contributed by atoms with E-state index >= 15 is 0 Å². The molecule has 0 radical (unpaired) electrons. The van der Waals surface area contributed by atoms with Crippen LogP contribution in [0, 0.1) is 13.8 Å². The smallest absolute Gasteiger partial charge is 0.191 e. The summed E-state index contributed by atoms with van der Waals surface area (Å²) >= 11 is 1.76. The fraction of sp³-hybridized carbons (Fsp3) is 0.444. The second-order valence-electron chi connectivity index (χ2n) is 5.62. The Balaban J connectivity index is 1.64. The van der Waals surface area contributed by atoms with Gasteiger partial charge in [0.15, 0.2) is 5.96 Å². The summed E-state index contributed by atoms with van der Waals surface area (Å²) in [6, 6.07) is 8.41. The Morgan fingerprint density at radius 3 is 2.70 bits per heavy atom. The lowest BCUT2D eigenvalue weighted by Crippen LogP contribution is -2.37. The van der Waals surface area contributed by atoms with Crippen molar-refractivity contribution in [3.8, 4) is 0 Å². The zero-order valence-electron chi connectivity index (χ0n) is 14.2. The highest BCUT2D eigenvalue weighted by atomic mass is 32.1. The number of thiazole rings is 1. The minimum Gasteiger partial charge on any atom is -0.356 e. The molecule has 0 aliphatic carbocycles.